The Kier molecular flexibility index (Phi) is 3.00. The molecule has 0 amide bonds. The fourth-order valence-electron chi connectivity index (χ4n) is 2.32. The molecule has 1 saturated carbocycles. The molecule has 5 heteroatoms. The summed E-state index contributed by atoms with van der Waals surface area (Å²) in [6, 6.07) is 4.86. The van der Waals surface area contributed by atoms with Crippen molar-refractivity contribution in [3.8, 4) is 0 Å². The van der Waals surface area contributed by atoms with E-state index < -0.39 is 9.84 Å². The summed E-state index contributed by atoms with van der Waals surface area (Å²) in [6.07, 6.45) is 3.07. The van der Waals surface area contributed by atoms with Gasteiger partial charge in [0.2, 0.25) is 0 Å². The normalized spacial score (nSPS) is 20.0. The third kappa shape index (κ3) is 2.21. The summed E-state index contributed by atoms with van der Waals surface area (Å²) in [5.74, 6) is 0. The molecule has 1 aromatic carbocycles. The molecule has 0 aromatic heterocycles. The third-order valence-electron chi connectivity index (χ3n) is 3.54. The molecule has 1 aliphatic carbocycles. The summed E-state index contributed by atoms with van der Waals surface area (Å²) in [7, 11) is -3.24. The number of rotatable bonds is 3. The number of sulfone groups is 1. The molecular weight excluding hydrogens is 258 g/mol. The fraction of sp³-hybridized carbons (Fsp3) is 0.500. The zero-order valence-corrected chi connectivity index (χ0v) is 11.5. The van der Waals surface area contributed by atoms with E-state index in [1.54, 1.807) is 18.2 Å². The molecule has 94 valence electrons. The van der Waals surface area contributed by atoms with Crippen molar-refractivity contribution >= 4 is 21.4 Å². The summed E-state index contributed by atoms with van der Waals surface area (Å²) in [4.78, 5) is 0.358. The molecule has 2 N–H and O–H groups in total. The number of hydrogen-bond donors (Lipinski definition) is 1. The van der Waals surface area contributed by atoms with Crippen LogP contribution in [0.5, 0.6) is 0 Å². The molecule has 3 nitrogen and oxygen atoms in total. The Balaban J connectivity index is 2.64. The molecule has 1 unspecified atom stereocenters. The average molecular weight is 274 g/mol. The quantitative estimate of drug-likeness (QED) is 0.918. The first kappa shape index (κ1) is 12.9. The summed E-state index contributed by atoms with van der Waals surface area (Å²) in [5.41, 5.74) is 6.56. The van der Waals surface area contributed by atoms with Crippen molar-refractivity contribution in [2.75, 3.05) is 6.26 Å². The Labute approximate surface area is 107 Å². The largest absolute Gasteiger partial charge is 0.327 e. The van der Waals surface area contributed by atoms with Crippen LogP contribution in [0.15, 0.2) is 23.1 Å². The number of halogens is 1. The zero-order chi connectivity index (χ0) is 12.8. The van der Waals surface area contributed by atoms with Crippen LogP contribution in [0.25, 0.3) is 0 Å². The lowest BCUT2D eigenvalue weighted by molar-refractivity contribution is 0.542. The van der Waals surface area contributed by atoms with E-state index in [9.17, 15) is 8.42 Å². The van der Waals surface area contributed by atoms with Crippen molar-refractivity contribution in [3.05, 3.63) is 28.8 Å². The SMILES string of the molecule is CC(N)C1(c2cc(Cl)ccc2S(C)(=O)=O)CC1. The first-order valence-corrected chi connectivity index (χ1v) is 7.80. The predicted molar refractivity (Wildman–Crippen MR) is 69.1 cm³/mol. The molecule has 1 fully saturated rings. The van der Waals surface area contributed by atoms with E-state index in [0.29, 0.717) is 9.92 Å². The average Bonchev–Trinajstić information content (AvgIpc) is 2.95. The molecule has 17 heavy (non-hydrogen) atoms. The molecule has 0 aliphatic heterocycles. The summed E-state index contributed by atoms with van der Waals surface area (Å²) in [5, 5.41) is 0.555. The van der Waals surface area contributed by atoms with Gasteiger partial charge in [-0.05, 0) is 43.5 Å². The van der Waals surface area contributed by atoms with E-state index in [4.69, 9.17) is 17.3 Å². The van der Waals surface area contributed by atoms with Crippen molar-refractivity contribution < 1.29 is 8.42 Å². The van der Waals surface area contributed by atoms with Crippen LogP contribution in [-0.4, -0.2) is 20.7 Å². The van der Waals surface area contributed by atoms with Crippen LogP contribution < -0.4 is 5.73 Å². The van der Waals surface area contributed by atoms with Gasteiger partial charge >= 0.3 is 0 Å². The second-order valence-electron chi connectivity index (χ2n) is 4.86. The summed E-state index contributed by atoms with van der Waals surface area (Å²) < 4.78 is 23.6. The van der Waals surface area contributed by atoms with Gasteiger partial charge in [-0.2, -0.15) is 0 Å². The highest BCUT2D eigenvalue weighted by Gasteiger charge is 2.49. The van der Waals surface area contributed by atoms with Gasteiger partial charge in [-0.15, -0.1) is 0 Å². The molecule has 1 aliphatic rings. The molecule has 2 rings (SSSR count). The fourth-order valence-corrected chi connectivity index (χ4v) is 3.47. The van der Waals surface area contributed by atoms with Crippen molar-refractivity contribution in [3.63, 3.8) is 0 Å². The minimum Gasteiger partial charge on any atom is -0.327 e. The molecule has 0 heterocycles. The summed E-state index contributed by atoms with van der Waals surface area (Å²) >= 11 is 5.97. The minimum atomic E-state index is -3.24. The molecule has 0 saturated heterocycles. The molecular formula is C12H16ClNO2S. The molecule has 0 radical (unpaired) electrons. The molecule has 0 bridgehead atoms. The van der Waals surface area contributed by atoms with E-state index in [-0.39, 0.29) is 11.5 Å². The van der Waals surface area contributed by atoms with Gasteiger partial charge in [-0.3, -0.25) is 0 Å². The minimum absolute atomic E-state index is 0.0681. The van der Waals surface area contributed by atoms with Gasteiger partial charge in [0, 0.05) is 22.7 Å². The van der Waals surface area contributed by atoms with Crippen LogP contribution in [0.3, 0.4) is 0 Å². The van der Waals surface area contributed by atoms with Crippen LogP contribution >= 0.6 is 11.6 Å². The van der Waals surface area contributed by atoms with Crippen LogP contribution in [0, 0.1) is 0 Å². The van der Waals surface area contributed by atoms with E-state index >= 15 is 0 Å². The maximum Gasteiger partial charge on any atom is 0.175 e. The monoisotopic (exact) mass is 273 g/mol. The predicted octanol–water partition coefficient (Wildman–Crippen LogP) is 2.12. The number of hydrogen-bond acceptors (Lipinski definition) is 3. The highest BCUT2D eigenvalue weighted by atomic mass is 35.5. The smallest absolute Gasteiger partial charge is 0.175 e. The maximum absolute atomic E-state index is 11.8. The second kappa shape index (κ2) is 3.97. The third-order valence-corrected chi connectivity index (χ3v) is 4.93. The molecule has 0 spiro atoms. The van der Waals surface area contributed by atoms with Gasteiger partial charge in [0.05, 0.1) is 4.90 Å². The topological polar surface area (TPSA) is 60.2 Å². The van der Waals surface area contributed by atoms with Crippen LogP contribution in [0.1, 0.15) is 25.3 Å². The van der Waals surface area contributed by atoms with Crippen LogP contribution in [0.4, 0.5) is 0 Å². The Bertz CT molecular complexity index is 548. The van der Waals surface area contributed by atoms with Gasteiger partial charge in [0.25, 0.3) is 0 Å². The highest BCUT2D eigenvalue weighted by molar-refractivity contribution is 7.90. The van der Waals surface area contributed by atoms with Gasteiger partial charge in [-0.25, -0.2) is 8.42 Å². The van der Waals surface area contributed by atoms with E-state index in [2.05, 4.69) is 0 Å². The van der Waals surface area contributed by atoms with Gasteiger partial charge in [-0.1, -0.05) is 11.6 Å². The lowest BCUT2D eigenvalue weighted by Gasteiger charge is -2.22. The maximum atomic E-state index is 11.8. The van der Waals surface area contributed by atoms with E-state index in [0.717, 1.165) is 18.4 Å². The molecule has 1 atom stereocenters. The van der Waals surface area contributed by atoms with E-state index in [1.165, 1.54) is 6.26 Å². The number of nitrogens with two attached hydrogens (primary N) is 1. The standard InChI is InChI=1S/C12H16ClNO2S/c1-8(14)12(5-6-12)10-7-9(13)3-4-11(10)17(2,15)16/h3-4,7-8H,5-6,14H2,1-2H3. The Morgan fingerprint density at radius 1 is 1.41 bits per heavy atom. The second-order valence-corrected chi connectivity index (χ2v) is 7.28. The Morgan fingerprint density at radius 3 is 2.41 bits per heavy atom. The Hall–Kier alpha value is -0.580. The summed E-state index contributed by atoms with van der Waals surface area (Å²) in [6.45, 7) is 1.92. The van der Waals surface area contributed by atoms with Crippen LogP contribution in [0.2, 0.25) is 5.02 Å². The Morgan fingerprint density at radius 2 is 2.00 bits per heavy atom. The van der Waals surface area contributed by atoms with Crippen molar-refractivity contribution in [2.24, 2.45) is 5.73 Å². The van der Waals surface area contributed by atoms with Crippen molar-refractivity contribution in [2.45, 2.75) is 36.1 Å². The van der Waals surface area contributed by atoms with E-state index in [1.807, 2.05) is 6.92 Å². The van der Waals surface area contributed by atoms with Gasteiger partial charge in [0.15, 0.2) is 9.84 Å². The van der Waals surface area contributed by atoms with Crippen molar-refractivity contribution in [1.29, 1.82) is 0 Å². The van der Waals surface area contributed by atoms with Crippen molar-refractivity contribution in [1.82, 2.24) is 0 Å². The van der Waals surface area contributed by atoms with Gasteiger partial charge in [0.1, 0.15) is 0 Å². The number of benzene rings is 1. The first-order chi connectivity index (χ1) is 7.77. The zero-order valence-electron chi connectivity index (χ0n) is 9.90. The molecule has 1 aromatic rings. The van der Waals surface area contributed by atoms with Crippen LogP contribution in [-0.2, 0) is 15.3 Å². The highest BCUT2D eigenvalue weighted by Crippen LogP contribution is 2.52. The lowest BCUT2D eigenvalue weighted by Crippen LogP contribution is -2.32. The lowest BCUT2D eigenvalue weighted by atomic mass is 9.89. The first-order valence-electron chi connectivity index (χ1n) is 5.53. The van der Waals surface area contributed by atoms with Gasteiger partial charge < -0.3 is 5.73 Å².